The fourth-order valence-corrected chi connectivity index (χ4v) is 3.96. The highest BCUT2D eigenvalue weighted by Crippen LogP contribution is 2.38. The van der Waals surface area contributed by atoms with Gasteiger partial charge in [0.2, 0.25) is 0 Å². The molecule has 0 atom stereocenters. The van der Waals surface area contributed by atoms with E-state index >= 15 is 0 Å². The topological polar surface area (TPSA) is 29.1 Å². The van der Waals surface area contributed by atoms with Crippen LogP contribution in [0.2, 0.25) is 0 Å². The summed E-state index contributed by atoms with van der Waals surface area (Å²) in [5.74, 6) is 0.295. The van der Waals surface area contributed by atoms with Crippen molar-refractivity contribution in [3.05, 3.63) is 57.8 Å². The Morgan fingerprint density at radius 2 is 1.80 bits per heavy atom. The predicted octanol–water partition coefficient (Wildman–Crippen LogP) is 3.56. The molecule has 1 N–H and O–H groups in total. The molecule has 3 heteroatoms. The molecule has 2 nitrogen and oxygen atoms in total. The van der Waals surface area contributed by atoms with Crippen LogP contribution in [0.3, 0.4) is 0 Å². The average molecular weight is 285 g/mol. The van der Waals surface area contributed by atoms with Gasteiger partial charge in [-0.3, -0.25) is 4.79 Å². The Balaban J connectivity index is 2.04. The van der Waals surface area contributed by atoms with Gasteiger partial charge in [-0.2, -0.15) is 0 Å². The summed E-state index contributed by atoms with van der Waals surface area (Å²) in [6, 6.07) is 14.3. The molecule has 104 valence electrons. The largest absolute Gasteiger partial charge is 0.317 e. The maximum atomic E-state index is 13.1. The molecule has 1 aliphatic rings. The molecule has 2 heterocycles. The van der Waals surface area contributed by atoms with Gasteiger partial charge in [0.25, 0.3) is 0 Å². The number of hydrogen-bond donors (Lipinski definition) is 1. The van der Waals surface area contributed by atoms with Crippen LogP contribution in [0.1, 0.15) is 33.0 Å². The fourth-order valence-electron chi connectivity index (χ4n) is 3.05. The van der Waals surface area contributed by atoms with E-state index < -0.39 is 0 Å². The zero-order chi connectivity index (χ0) is 14.0. The number of thiophene rings is 1. The second kappa shape index (κ2) is 5.51. The van der Waals surface area contributed by atoms with E-state index in [2.05, 4.69) is 24.4 Å². The molecule has 0 unspecified atom stereocenters. The lowest BCUT2D eigenvalue weighted by atomic mass is 9.69. The van der Waals surface area contributed by atoms with Crippen molar-refractivity contribution >= 4 is 17.1 Å². The monoisotopic (exact) mass is 285 g/mol. The van der Waals surface area contributed by atoms with E-state index in [0.29, 0.717) is 5.78 Å². The Labute approximate surface area is 123 Å². The molecule has 1 aliphatic heterocycles. The van der Waals surface area contributed by atoms with E-state index in [4.69, 9.17) is 0 Å². The van der Waals surface area contributed by atoms with Crippen LogP contribution in [0.25, 0.3) is 0 Å². The Morgan fingerprint density at radius 3 is 2.40 bits per heavy atom. The van der Waals surface area contributed by atoms with Gasteiger partial charge in [-0.1, -0.05) is 30.3 Å². The summed E-state index contributed by atoms with van der Waals surface area (Å²) in [7, 11) is 0. The third-order valence-corrected chi connectivity index (χ3v) is 5.18. The molecular weight excluding hydrogens is 266 g/mol. The Kier molecular flexibility index (Phi) is 3.72. The molecule has 0 saturated carbocycles. The van der Waals surface area contributed by atoms with Gasteiger partial charge in [-0.05, 0) is 50.6 Å². The van der Waals surface area contributed by atoms with Crippen molar-refractivity contribution in [2.45, 2.75) is 25.2 Å². The zero-order valence-electron chi connectivity index (χ0n) is 11.7. The lowest BCUT2D eigenvalue weighted by Crippen LogP contribution is -2.45. The van der Waals surface area contributed by atoms with Crippen LogP contribution in [-0.4, -0.2) is 18.9 Å². The quantitative estimate of drug-likeness (QED) is 0.874. The van der Waals surface area contributed by atoms with Gasteiger partial charge >= 0.3 is 0 Å². The number of carbonyl (C=O) groups excluding carboxylic acids is 1. The van der Waals surface area contributed by atoms with E-state index in [1.165, 1.54) is 4.88 Å². The summed E-state index contributed by atoms with van der Waals surface area (Å²) in [6.07, 6.45) is 1.76. The molecule has 0 radical (unpaired) electrons. The SMILES string of the molecule is Cc1ccc(C(=O)C2(c3ccccc3)CCNCC2)s1. The second-order valence-electron chi connectivity index (χ2n) is 5.44. The molecule has 0 bridgehead atoms. The van der Waals surface area contributed by atoms with E-state index in [9.17, 15) is 4.79 Å². The van der Waals surface area contributed by atoms with Crippen molar-refractivity contribution in [1.29, 1.82) is 0 Å². The Bertz CT molecular complexity index is 596. The minimum Gasteiger partial charge on any atom is -0.317 e. The third-order valence-electron chi connectivity index (χ3n) is 4.18. The van der Waals surface area contributed by atoms with Crippen LogP contribution in [0.15, 0.2) is 42.5 Å². The highest BCUT2D eigenvalue weighted by atomic mass is 32.1. The standard InChI is InChI=1S/C17H19NOS/c1-13-7-8-15(20-13)16(19)17(9-11-18-12-10-17)14-5-3-2-4-6-14/h2-8,18H,9-12H2,1H3. The van der Waals surface area contributed by atoms with Gasteiger partial charge in [-0.25, -0.2) is 0 Å². The maximum Gasteiger partial charge on any atom is 0.183 e. The van der Waals surface area contributed by atoms with Crippen LogP contribution >= 0.6 is 11.3 Å². The van der Waals surface area contributed by atoms with Crippen molar-refractivity contribution < 1.29 is 4.79 Å². The van der Waals surface area contributed by atoms with Crippen LogP contribution < -0.4 is 5.32 Å². The molecule has 1 saturated heterocycles. The van der Waals surface area contributed by atoms with Crippen LogP contribution in [0.4, 0.5) is 0 Å². The van der Waals surface area contributed by atoms with Gasteiger partial charge < -0.3 is 5.32 Å². The number of ketones is 1. The fraction of sp³-hybridized carbons (Fsp3) is 0.353. The molecule has 3 rings (SSSR count). The van der Waals surface area contributed by atoms with Crippen molar-refractivity contribution in [2.75, 3.05) is 13.1 Å². The Hall–Kier alpha value is -1.45. The zero-order valence-corrected chi connectivity index (χ0v) is 12.5. The van der Waals surface area contributed by atoms with E-state index in [0.717, 1.165) is 36.4 Å². The number of Topliss-reactive ketones (excluding diaryl/α,β-unsaturated/α-hetero) is 1. The smallest absolute Gasteiger partial charge is 0.183 e. The maximum absolute atomic E-state index is 13.1. The number of benzene rings is 1. The summed E-state index contributed by atoms with van der Waals surface area (Å²) in [5.41, 5.74) is 0.821. The summed E-state index contributed by atoms with van der Waals surface area (Å²) >= 11 is 1.61. The molecule has 2 aromatic rings. The summed E-state index contributed by atoms with van der Waals surface area (Å²) in [5, 5.41) is 3.37. The number of piperidine rings is 1. The molecule has 20 heavy (non-hydrogen) atoms. The van der Waals surface area contributed by atoms with Gasteiger partial charge in [0.05, 0.1) is 10.3 Å². The average Bonchev–Trinajstić information content (AvgIpc) is 2.94. The first-order valence-electron chi connectivity index (χ1n) is 7.10. The highest BCUT2D eigenvalue weighted by molar-refractivity contribution is 7.14. The molecule has 1 aromatic carbocycles. The minimum atomic E-state index is -0.343. The number of nitrogens with one attached hydrogen (secondary N) is 1. The summed E-state index contributed by atoms with van der Waals surface area (Å²) in [6.45, 7) is 3.87. The first-order valence-corrected chi connectivity index (χ1v) is 7.91. The van der Waals surface area contributed by atoms with Gasteiger partial charge in [-0.15, -0.1) is 11.3 Å². The molecule has 1 aromatic heterocycles. The molecular formula is C17H19NOS. The first kappa shape index (κ1) is 13.5. The van der Waals surface area contributed by atoms with Crippen LogP contribution in [0, 0.1) is 6.92 Å². The second-order valence-corrected chi connectivity index (χ2v) is 6.73. The van der Waals surface area contributed by atoms with E-state index in [-0.39, 0.29) is 5.41 Å². The lowest BCUT2D eigenvalue weighted by Gasteiger charge is -2.36. The van der Waals surface area contributed by atoms with Crippen molar-refractivity contribution in [1.82, 2.24) is 5.32 Å². The summed E-state index contributed by atoms with van der Waals surface area (Å²) in [4.78, 5) is 15.2. The third kappa shape index (κ3) is 2.32. The number of hydrogen-bond acceptors (Lipinski definition) is 3. The molecule has 0 spiro atoms. The van der Waals surface area contributed by atoms with Crippen molar-refractivity contribution in [2.24, 2.45) is 0 Å². The number of aryl methyl sites for hydroxylation is 1. The number of carbonyl (C=O) groups is 1. The predicted molar refractivity (Wildman–Crippen MR) is 83.6 cm³/mol. The van der Waals surface area contributed by atoms with Crippen molar-refractivity contribution in [3.8, 4) is 0 Å². The molecule has 0 amide bonds. The van der Waals surface area contributed by atoms with Crippen LogP contribution in [-0.2, 0) is 5.41 Å². The number of rotatable bonds is 3. The summed E-state index contributed by atoms with van der Waals surface area (Å²) < 4.78 is 0. The first-order chi connectivity index (χ1) is 9.72. The van der Waals surface area contributed by atoms with Crippen molar-refractivity contribution in [3.63, 3.8) is 0 Å². The molecule has 0 aliphatic carbocycles. The normalized spacial score (nSPS) is 17.9. The highest BCUT2D eigenvalue weighted by Gasteiger charge is 2.41. The van der Waals surface area contributed by atoms with Crippen LogP contribution in [0.5, 0.6) is 0 Å². The van der Waals surface area contributed by atoms with Gasteiger partial charge in [0.15, 0.2) is 5.78 Å². The Morgan fingerprint density at radius 1 is 1.10 bits per heavy atom. The van der Waals surface area contributed by atoms with E-state index in [1.54, 1.807) is 11.3 Å². The molecule has 1 fully saturated rings. The van der Waals surface area contributed by atoms with Gasteiger partial charge in [0.1, 0.15) is 0 Å². The van der Waals surface area contributed by atoms with E-state index in [1.807, 2.05) is 30.3 Å². The lowest BCUT2D eigenvalue weighted by molar-refractivity contribution is 0.0851. The minimum absolute atomic E-state index is 0.295. The van der Waals surface area contributed by atoms with Gasteiger partial charge in [0, 0.05) is 4.88 Å².